The molecule has 6 nitrogen and oxygen atoms in total. The van der Waals surface area contributed by atoms with E-state index in [-0.39, 0.29) is 21.7 Å². The number of hydrogen-bond donors (Lipinski definition) is 0. The van der Waals surface area contributed by atoms with E-state index in [1.165, 1.54) is 33.4 Å². The normalized spacial score (nSPS) is 19.0. The van der Waals surface area contributed by atoms with Gasteiger partial charge >= 0.3 is 5.57 Å². The Morgan fingerprint density at radius 1 is 0.440 bits per heavy atom. The third kappa shape index (κ3) is 9.93. The summed E-state index contributed by atoms with van der Waals surface area (Å²) in [4.78, 5) is 0. The van der Waals surface area contributed by atoms with Crippen LogP contribution in [0.5, 0.6) is 0 Å². The van der Waals surface area contributed by atoms with Crippen molar-refractivity contribution in [2.24, 2.45) is 0 Å². The number of ether oxygens (including phenoxy) is 2. The summed E-state index contributed by atoms with van der Waals surface area (Å²) in [5.74, 6) is -1.06. The molecule has 0 unspecified atom stereocenters. The highest BCUT2D eigenvalue weighted by Gasteiger charge is 2.68. The maximum atomic E-state index is 8.56. The predicted molar refractivity (Wildman–Crippen MR) is 310 cm³/mol. The lowest BCUT2D eigenvalue weighted by Gasteiger charge is -2.42. The minimum absolute atomic E-state index is 0.0922. The Kier molecular flexibility index (Phi) is 13.9. The second-order valence-corrected chi connectivity index (χ2v) is 27.8. The van der Waals surface area contributed by atoms with Crippen LogP contribution in [0.1, 0.15) is 175 Å². The van der Waals surface area contributed by atoms with Crippen LogP contribution in [0.4, 0.5) is 0 Å². The molecule has 0 N–H and O–H groups in total. The molecule has 0 aliphatic carbocycles. The Balaban J connectivity index is 1.49. The number of rotatable bonds is 7. The summed E-state index contributed by atoms with van der Waals surface area (Å²) in [6, 6.07) is 45.5. The molecule has 6 aromatic carbocycles. The summed E-state index contributed by atoms with van der Waals surface area (Å²) in [6.45, 7) is 44.6. The fourth-order valence-electron chi connectivity index (χ4n) is 11.9. The molecule has 0 amide bonds. The van der Waals surface area contributed by atoms with Crippen LogP contribution in [0.3, 0.4) is 0 Å². The molecule has 3 heterocycles. The van der Waals surface area contributed by atoms with Crippen LogP contribution >= 0.6 is 8.38 Å². The summed E-state index contributed by atoms with van der Waals surface area (Å²) in [7, 11) is -2.19. The fourth-order valence-corrected chi connectivity index (χ4v) is 13.9. The number of aromatic nitrogens is 2. The lowest BCUT2D eigenvalue weighted by atomic mass is 9.70. The van der Waals surface area contributed by atoms with E-state index in [1.54, 1.807) is 0 Å². The van der Waals surface area contributed by atoms with Gasteiger partial charge in [0.05, 0.1) is 0 Å². The van der Waals surface area contributed by atoms with Crippen molar-refractivity contribution in [1.29, 1.82) is 0 Å². The third-order valence-corrected chi connectivity index (χ3v) is 17.4. The van der Waals surface area contributed by atoms with Crippen LogP contribution in [0.2, 0.25) is 0 Å². The van der Waals surface area contributed by atoms with Gasteiger partial charge in [0.2, 0.25) is 0 Å². The van der Waals surface area contributed by atoms with E-state index in [9.17, 15) is 0 Å². The van der Waals surface area contributed by atoms with Crippen LogP contribution in [-0.4, -0.2) is 22.6 Å². The summed E-state index contributed by atoms with van der Waals surface area (Å²) in [5.41, 5.74) is 15.9. The number of hydrogen-bond acceptors (Lipinski definition) is 4. The van der Waals surface area contributed by atoms with Crippen LogP contribution in [0, 0.1) is 41.5 Å². The van der Waals surface area contributed by atoms with Gasteiger partial charge in [0, 0.05) is 0 Å². The van der Waals surface area contributed by atoms with E-state index in [4.69, 9.17) is 18.5 Å². The average Bonchev–Trinajstić information content (AvgIpc) is 3.88. The molecule has 0 spiro atoms. The van der Waals surface area contributed by atoms with Gasteiger partial charge in [0.15, 0.2) is 17.0 Å². The molecule has 2 saturated heterocycles. The smallest absolute Gasteiger partial charge is 0.341 e. The Morgan fingerprint density at radius 3 is 1.03 bits per heavy atom. The minimum atomic E-state index is -2.19. The highest BCUT2D eigenvalue weighted by atomic mass is 31.2. The van der Waals surface area contributed by atoms with Gasteiger partial charge < -0.3 is 18.5 Å². The van der Waals surface area contributed by atoms with Crippen molar-refractivity contribution in [2.75, 3.05) is 0 Å². The SMILES string of the molecule is Cc1cc(C)c(-n2cc[n+](-c3c(C)cc(C)cc3C)c2P2OC(c3ccc(C(C)(C)C)cc3)(c3ccc(C(C)(C)C)cc3)[C@H]3OC(C)(C)O[C@@H]3C(c3ccc(C(C)(C)C)cc3)(c3ccc(C(C)(C)C)cc3)O2)c(C)c1. The molecular weight excluding hydrogens is 940 g/mol. The number of imidazole rings is 1. The molecule has 9 rings (SSSR count). The molecule has 0 bridgehead atoms. The Hall–Kier alpha value is -5.20. The van der Waals surface area contributed by atoms with Gasteiger partial charge in [-0.25, -0.2) is 0 Å². The molecule has 2 aliphatic rings. The van der Waals surface area contributed by atoms with E-state index < -0.39 is 37.6 Å². The van der Waals surface area contributed by atoms with Crippen molar-refractivity contribution < 1.29 is 23.1 Å². The van der Waals surface area contributed by atoms with E-state index in [2.05, 4.69) is 267 Å². The average molecular weight is 1020 g/mol. The van der Waals surface area contributed by atoms with Crippen molar-refractivity contribution in [3.63, 3.8) is 0 Å². The van der Waals surface area contributed by atoms with Crippen molar-refractivity contribution in [3.05, 3.63) is 212 Å². The number of nitrogens with zero attached hydrogens (tertiary/aromatic N) is 2. The standard InChI is InChI=1S/C68H84N2O4P/c1-43-39-45(3)57(46(4)40-43)69-37-38-70(58-47(5)41-44(2)42-48(58)6)61(69)75-73-67(53-29-21-49(22-30-53)62(7,8)9,54-31-23-50(24-32-54)63(10,11)12)59-60(72-66(19,20)71-59)68(74-75,55-33-25-51(26-34-55)64(13,14)15)56-35-27-52(28-36-56)65(16,17)18/h21-42,59-60H,1-20H3/q+1/t59-,60-/m0/s1. The largest absolute Gasteiger partial charge is 0.345 e. The number of fused-ring (bicyclic) bond motifs is 1. The van der Waals surface area contributed by atoms with Gasteiger partial charge in [-0.05, 0) is 144 Å². The maximum absolute atomic E-state index is 8.56. The second kappa shape index (κ2) is 19.1. The van der Waals surface area contributed by atoms with E-state index >= 15 is 0 Å². The highest BCUT2D eigenvalue weighted by Crippen LogP contribution is 2.64. The Labute approximate surface area is 451 Å². The second-order valence-electron chi connectivity index (χ2n) is 26.5. The Bertz CT molecular complexity index is 2850. The minimum Gasteiger partial charge on any atom is -0.341 e. The van der Waals surface area contributed by atoms with Gasteiger partial charge in [-0.2, -0.15) is 9.13 Å². The molecule has 2 atom stereocenters. The zero-order chi connectivity index (χ0) is 54.6. The highest BCUT2D eigenvalue weighted by molar-refractivity contribution is 7.55. The van der Waals surface area contributed by atoms with E-state index in [0.717, 1.165) is 61.4 Å². The molecule has 0 radical (unpaired) electrons. The van der Waals surface area contributed by atoms with Gasteiger partial charge in [-0.3, -0.25) is 0 Å². The van der Waals surface area contributed by atoms with Gasteiger partial charge in [0.1, 0.15) is 36.0 Å². The topological polar surface area (TPSA) is 45.7 Å². The summed E-state index contributed by atoms with van der Waals surface area (Å²) < 4.78 is 37.2. The molecule has 7 aromatic rings. The third-order valence-electron chi connectivity index (χ3n) is 15.8. The first-order valence-electron chi connectivity index (χ1n) is 27.1. The molecule has 2 fully saturated rings. The van der Waals surface area contributed by atoms with Gasteiger partial charge in [0.25, 0.3) is 8.38 Å². The molecule has 0 saturated carbocycles. The van der Waals surface area contributed by atoms with Gasteiger partial charge in [-0.1, -0.05) is 216 Å². The first-order valence-corrected chi connectivity index (χ1v) is 28.3. The Morgan fingerprint density at radius 2 is 0.733 bits per heavy atom. The molecule has 7 heteroatoms. The van der Waals surface area contributed by atoms with Crippen molar-refractivity contribution in [3.8, 4) is 11.4 Å². The van der Waals surface area contributed by atoms with Crippen LogP contribution in [0.15, 0.2) is 134 Å². The molecule has 1 aromatic heterocycles. The molecule has 75 heavy (non-hydrogen) atoms. The summed E-state index contributed by atoms with van der Waals surface area (Å²) in [5, 5.41) is 0. The first-order chi connectivity index (χ1) is 34.8. The maximum Gasteiger partial charge on any atom is 0.345 e. The summed E-state index contributed by atoms with van der Waals surface area (Å²) in [6.07, 6.45) is 2.91. The molecular formula is C68H84N2O4P+. The van der Waals surface area contributed by atoms with Crippen molar-refractivity contribution >= 4 is 13.9 Å². The van der Waals surface area contributed by atoms with Crippen LogP contribution in [-0.2, 0) is 51.4 Å². The predicted octanol–water partition coefficient (Wildman–Crippen LogP) is 16.2. The van der Waals surface area contributed by atoms with Crippen LogP contribution < -0.4 is 10.1 Å². The molecule has 394 valence electrons. The summed E-state index contributed by atoms with van der Waals surface area (Å²) >= 11 is 0. The van der Waals surface area contributed by atoms with Crippen molar-refractivity contribution in [2.45, 2.75) is 189 Å². The molecule has 2 aliphatic heterocycles. The number of aryl methyl sites for hydroxylation is 6. The van der Waals surface area contributed by atoms with Crippen LogP contribution in [0.25, 0.3) is 11.4 Å². The monoisotopic (exact) mass is 1020 g/mol. The lowest BCUT2D eigenvalue weighted by Crippen LogP contribution is -2.53. The van der Waals surface area contributed by atoms with E-state index in [1.807, 2.05) is 13.8 Å². The first kappa shape index (κ1) is 54.6. The van der Waals surface area contributed by atoms with Gasteiger partial charge in [-0.15, -0.1) is 0 Å². The van der Waals surface area contributed by atoms with E-state index in [0.29, 0.717) is 0 Å². The lowest BCUT2D eigenvalue weighted by molar-refractivity contribution is -0.576. The fraction of sp³-hybridized carbons (Fsp3) is 0.426. The zero-order valence-electron chi connectivity index (χ0n) is 48.8. The zero-order valence-corrected chi connectivity index (χ0v) is 49.7. The number of benzene rings is 6. The van der Waals surface area contributed by atoms with Crippen molar-refractivity contribution in [1.82, 2.24) is 4.57 Å². The quantitative estimate of drug-likeness (QED) is 0.118.